The van der Waals surface area contributed by atoms with Crippen molar-refractivity contribution in [3.63, 3.8) is 0 Å². The molecule has 0 bridgehead atoms. The molecule has 32 heavy (non-hydrogen) atoms. The van der Waals surface area contributed by atoms with E-state index in [0.717, 1.165) is 0 Å². The van der Waals surface area contributed by atoms with Crippen LogP contribution >= 0.6 is 11.8 Å². The van der Waals surface area contributed by atoms with Gasteiger partial charge in [-0.25, -0.2) is 9.59 Å². The lowest BCUT2D eigenvalue weighted by molar-refractivity contribution is -0.119. The fourth-order valence-corrected chi connectivity index (χ4v) is 4.05. The van der Waals surface area contributed by atoms with Gasteiger partial charge in [0.15, 0.2) is 0 Å². The summed E-state index contributed by atoms with van der Waals surface area (Å²) in [5.74, 6) is -0.459. The predicted molar refractivity (Wildman–Crippen MR) is 123 cm³/mol. The van der Waals surface area contributed by atoms with Crippen molar-refractivity contribution in [3.8, 4) is 5.75 Å². The summed E-state index contributed by atoms with van der Waals surface area (Å²) >= 11 is 1.25. The number of phenols is 1. The number of nitrogens with one attached hydrogen (secondary N) is 1. The van der Waals surface area contributed by atoms with Crippen molar-refractivity contribution >= 4 is 34.6 Å². The van der Waals surface area contributed by atoms with E-state index in [2.05, 4.69) is 5.32 Å². The summed E-state index contributed by atoms with van der Waals surface area (Å²) in [5, 5.41) is 13.5. The zero-order valence-electron chi connectivity index (χ0n) is 18.1. The third-order valence-corrected chi connectivity index (χ3v) is 5.76. The second-order valence-corrected chi connectivity index (χ2v) is 8.52. The van der Waals surface area contributed by atoms with Crippen LogP contribution in [0.5, 0.6) is 5.75 Å². The first-order valence-corrected chi connectivity index (χ1v) is 11.2. The molecule has 0 unspecified atom stereocenters. The lowest BCUT2D eigenvalue weighted by Crippen LogP contribution is -2.31. The van der Waals surface area contributed by atoms with Crippen LogP contribution in [0.1, 0.15) is 42.3 Å². The number of hydrogen-bond acceptors (Lipinski definition) is 7. The quantitative estimate of drug-likeness (QED) is 0.300. The van der Waals surface area contributed by atoms with E-state index in [-0.39, 0.29) is 35.6 Å². The van der Waals surface area contributed by atoms with Crippen LogP contribution < -0.4 is 10.9 Å². The number of esters is 1. The zero-order valence-corrected chi connectivity index (χ0v) is 19.0. The van der Waals surface area contributed by atoms with E-state index < -0.39 is 11.6 Å². The van der Waals surface area contributed by atoms with Crippen molar-refractivity contribution in [2.24, 2.45) is 0 Å². The van der Waals surface area contributed by atoms with Gasteiger partial charge >= 0.3 is 11.6 Å². The van der Waals surface area contributed by atoms with Crippen LogP contribution in [0.2, 0.25) is 0 Å². The molecule has 1 heterocycles. The highest BCUT2D eigenvalue weighted by molar-refractivity contribution is 8.00. The maximum absolute atomic E-state index is 12.8. The molecule has 3 rings (SSSR count). The number of thioether (sulfide) groups is 1. The Morgan fingerprint density at radius 3 is 2.62 bits per heavy atom. The minimum Gasteiger partial charge on any atom is -0.508 e. The van der Waals surface area contributed by atoms with Crippen LogP contribution in [0.15, 0.2) is 56.6 Å². The number of carbonyl (C=O) groups excluding carboxylic acids is 2. The number of aromatic hydroxyl groups is 1. The molecule has 7 nitrogen and oxygen atoms in total. The van der Waals surface area contributed by atoms with Crippen LogP contribution in [0.3, 0.4) is 0 Å². The first-order valence-electron chi connectivity index (χ1n) is 10.3. The fraction of sp³-hybridized carbons (Fsp3) is 0.292. The molecule has 2 aromatic carbocycles. The smallest absolute Gasteiger partial charge is 0.339 e. The third-order valence-electron chi connectivity index (χ3n) is 4.68. The normalized spacial score (nSPS) is 11.0. The standard InChI is InChI=1S/C24H25NO6S/c1-4-15-9-18-16(10-23(28)31-20(18)11-19(15)26)12-30-24(29)17-7-5-6-8-21(17)32-13-22(27)25-14(2)3/h5-11,14,26H,4,12-13H2,1-3H3,(H,25,27). The van der Waals surface area contributed by atoms with Crippen molar-refractivity contribution in [1.82, 2.24) is 5.32 Å². The molecule has 0 atom stereocenters. The molecule has 0 saturated carbocycles. The number of ether oxygens (including phenoxy) is 1. The molecule has 0 aliphatic rings. The molecular weight excluding hydrogens is 430 g/mol. The van der Waals surface area contributed by atoms with Crippen LogP contribution in [0, 0.1) is 0 Å². The average molecular weight is 456 g/mol. The molecule has 1 aromatic heterocycles. The molecular formula is C24H25NO6S. The Morgan fingerprint density at radius 2 is 1.91 bits per heavy atom. The van der Waals surface area contributed by atoms with Gasteiger partial charge in [0.1, 0.15) is 17.9 Å². The van der Waals surface area contributed by atoms with Crippen LogP contribution in [-0.2, 0) is 22.6 Å². The van der Waals surface area contributed by atoms with Gasteiger partial charge in [0, 0.05) is 34.0 Å². The number of phenolic OH excluding ortho intramolecular Hbond substituents is 1. The number of hydrogen-bond donors (Lipinski definition) is 2. The van der Waals surface area contributed by atoms with E-state index in [0.29, 0.717) is 33.4 Å². The Hall–Kier alpha value is -3.26. The molecule has 1 amide bonds. The van der Waals surface area contributed by atoms with Crippen LogP contribution in [-0.4, -0.2) is 28.8 Å². The number of aryl methyl sites for hydroxylation is 1. The van der Waals surface area contributed by atoms with E-state index in [9.17, 15) is 19.5 Å². The third kappa shape index (κ3) is 5.70. The first kappa shape index (κ1) is 23.4. The zero-order chi connectivity index (χ0) is 23.3. The van der Waals surface area contributed by atoms with Gasteiger partial charge in [0.05, 0.1) is 11.3 Å². The minimum absolute atomic E-state index is 0.0387. The Bertz CT molecular complexity index is 1200. The van der Waals surface area contributed by atoms with Gasteiger partial charge < -0.3 is 19.6 Å². The summed E-state index contributed by atoms with van der Waals surface area (Å²) in [6.45, 7) is 5.52. The van der Waals surface area contributed by atoms with Gasteiger partial charge in [-0.15, -0.1) is 11.8 Å². The Labute approximate surface area is 189 Å². The number of rotatable bonds is 8. The highest BCUT2D eigenvalue weighted by atomic mass is 32.2. The van der Waals surface area contributed by atoms with Crippen LogP contribution in [0.4, 0.5) is 0 Å². The number of amides is 1. The highest BCUT2D eigenvalue weighted by Gasteiger charge is 2.16. The Morgan fingerprint density at radius 1 is 1.16 bits per heavy atom. The van der Waals surface area contributed by atoms with Gasteiger partial charge in [-0.3, -0.25) is 4.79 Å². The molecule has 0 fully saturated rings. The summed E-state index contributed by atoms with van der Waals surface area (Å²) in [6, 6.07) is 11.3. The van der Waals surface area contributed by atoms with Crippen LogP contribution in [0.25, 0.3) is 11.0 Å². The van der Waals surface area contributed by atoms with Gasteiger partial charge in [0.2, 0.25) is 5.91 Å². The maximum Gasteiger partial charge on any atom is 0.339 e. The van der Waals surface area contributed by atoms with E-state index in [1.165, 1.54) is 23.9 Å². The van der Waals surface area contributed by atoms with Crippen molar-refractivity contribution in [3.05, 3.63) is 69.6 Å². The molecule has 8 heteroatoms. The maximum atomic E-state index is 12.8. The van der Waals surface area contributed by atoms with Crippen molar-refractivity contribution in [1.29, 1.82) is 0 Å². The monoisotopic (exact) mass is 455 g/mol. The van der Waals surface area contributed by atoms with E-state index in [4.69, 9.17) is 9.15 Å². The molecule has 0 spiro atoms. The van der Waals surface area contributed by atoms with E-state index in [1.807, 2.05) is 20.8 Å². The van der Waals surface area contributed by atoms with E-state index >= 15 is 0 Å². The Kier molecular flexibility index (Phi) is 7.58. The molecule has 2 N–H and O–H groups in total. The first-order chi connectivity index (χ1) is 15.3. The Balaban J connectivity index is 1.79. The molecule has 0 radical (unpaired) electrons. The summed E-state index contributed by atoms with van der Waals surface area (Å²) < 4.78 is 10.7. The van der Waals surface area contributed by atoms with Gasteiger partial charge in [-0.2, -0.15) is 0 Å². The van der Waals surface area contributed by atoms with Gasteiger partial charge in [-0.05, 0) is 44.0 Å². The number of fused-ring (bicyclic) bond motifs is 1. The summed E-state index contributed by atoms with van der Waals surface area (Å²) in [5.41, 5.74) is 1.15. The van der Waals surface area contributed by atoms with Crippen molar-refractivity contribution < 1.29 is 23.8 Å². The second-order valence-electron chi connectivity index (χ2n) is 7.50. The lowest BCUT2D eigenvalue weighted by atomic mass is 10.0. The van der Waals surface area contributed by atoms with Crippen molar-refractivity contribution in [2.45, 2.75) is 44.7 Å². The average Bonchev–Trinajstić information content (AvgIpc) is 2.75. The molecule has 0 aliphatic heterocycles. The largest absolute Gasteiger partial charge is 0.508 e. The van der Waals surface area contributed by atoms with Gasteiger partial charge in [-0.1, -0.05) is 19.1 Å². The summed E-state index contributed by atoms with van der Waals surface area (Å²) in [6.07, 6.45) is 0.592. The summed E-state index contributed by atoms with van der Waals surface area (Å²) in [4.78, 5) is 37.3. The van der Waals surface area contributed by atoms with Crippen molar-refractivity contribution in [2.75, 3.05) is 5.75 Å². The second kappa shape index (κ2) is 10.4. The number of carbonyl (C=O) groups is 2. The molecule has 3 aromatic rings. The summed E-state index contributed by atoms with van der Waals surface area (Å²) in [7, 11) is 0. The molecule has 168 valence electrons. The molecule has 0 saturated heterocycles. The molecule has 0 aliphatic carbocycles. The number of benzene rings is 2. The lowest BCUT2D eigenvalue weighted by Gasteiger charge is -2.12. The topological polar surface area (TPSA) is 106 Å². The van der Waals surface area contributed by atoms with E-state index in [1.54, 1.807) is 30.3 Å². The SMILES string of the molecule is CCc1cc2c(COC(=O)c3ccccc3SCC(=O)NC(C)C)cc(=O)oc2cc1O. The highest BCUT2D eigenvalue weighted by Crippen LogP contribution is 2.28. The predicted octanol–water partition coefficient (Wildman–Crippen LogP) is 4.03. The fourth-order valence-electron chi connectivity index (χ4n) is 3.20. The minimum atomic E-state index is -0.598. The van der Waals surface area contributed by atoms with Gasteiger partial charge in [0.25, 0.3) is 0 Å².